The lowest BCUT2D eigenvalue weighted by atomic mass is 9.43. The summed E-state index contributed by atoms with van der Waals surface area (Å²) in [4.78, 5) is 2.56. The van der Waals surface area contributed by atoms with Crippen LogP contribution in [-0.4, -0.2) is 18.0 Å². The van der Waals surface area contributed by atoms with Crippen LogP contribution < -0.4 is 0 Å². The first kappa shape index (κ1) is 11.4. The van der Waals surface area contributed by atoms with E-state index in [0.717, 1.165) is 24.2 Å². The van der Waals surface area contributed by atoms with Gasteiger partial charge >= 0.3 is 0 Å². The Balaban J connectivity index is 1.65. The summed E-state index contributed by atoms with van der Waals surface area (Å²) >= 11 is 0. The lowest BCUT2D eigenvalue weighted by Gasteiger charge is -2.60. The molecule has 1 aliphatic heterocycles. The van der Waals surface area contributed by atoms with Crippen molar-refractivity contribution in [1.29, 1.82) is 0 Å². The molecule has 1 heterocycles. The molecule has 0 N–H and O–H groups in total. The van der Waals surface area contributed by atoms with Gasteiger partial charge in [-0.25, -0.2) is 0 Å². The van der Waals surface area contributed by atoms with Crippen molar-refractivity contribution < 1.29 is 0 Å². The summed E-state index contributed by atoms with van der Waals surface area (Å²) in [5.41, 5.74) is 2.26. The molecule has 3 unspecified atom stereocenters. The third-order valence-corrected chi connectivity index (χ3v) is 5.19. The molecule has 0 amide bonds. The molecule has 94 valence electrons. The van der Waals surface area contributed by atoms with E-state index >= 15 is 0 Å². The number of fused-ring (bicyclic) bond motifs is 4. The zero-order valence-electron chi connectivity index (χ0n) is 11.7. The maximum atomic E-state index is 4.32. The molecule has 3 aliphatic rings. The van der Waals surface area contributed by atoms with Crippen LogP contribution in [0.15, 0.2) is 24.4 Å². The van der Waals surface area contributed by atoms with Gasteiger partial charge in [0.25, 0.3) is 0 Å². The molecule has 1 heteroatoms. The second kappa shape index (κ2) is 3.18. The average Bonchev–Trinajstić information content (AvgIpc) is 2.55. The van der Waals surface area contributed by atoms with Gasteiger partial charge in [0.05, 0.1) is 0 Å². The lowest BCUT2D eigenvalue weighted by Crippen LogP contribution is -2.57. The minimum Gasteiger partial charge on any atom is -0.375 e. The maximum Gasteiger partial charge on any atom is 0.0215 e. The smallest absolute Gasteiger partial charge is 0.0215 e. The summed E-state index contributed by atoms with van der Waals surface area (Å²) in [7, 11) is 0. The van der Waals surface area contributed by atoms with Crippen LogP contribution in [0.1, 0.15) is 34.1 Å². The predicted octanol–water partition coefficient (Wildman–Crippen LogP) is 3.69. The fourth-order valence-corrected chi connectivity index (χ4v) is 4.20. The van der Waals surface area contributed by atoms with Crippen LogP contribution in [0.25, 0.3) is 0 Å². The normalized spacial score (nSPS) is 42.6. The summed E-state index contributed by atoms with van der Waals surface area (Å²) in [5, 5.41) is 0. The molecule has 1 saturated carbocycles. The van der Waals surface area contributed by atoms with Gasteiger partial charge in [0.1, 0.15) is 0 Å². The molecule has 0 radical (unpaired) electrons. The summed E-state index contributed by atoms with van der Waals surface area (Å²) in [6.45, 7) is 16.2. The highest BCUT2D eigenvalue weighted by molar-refractivity contribution is 5.31. The Morgan fingerprint density at radius 2 is 2.12 bits per heavy atom. The van der Waals surface area contributed by atoms with Gasteiger partial charge in [-0.15, -0.1) is 0 Å². The van der Waals surface area contributed by atoms with Crippen LogP contribution in [0.2, 0.25) is 0 Å². The van der Waals surface area contributed by atoms with E-state index in [9.17, 15) is 0 Å². The Bertz CT molecular complexity index is 387. The number of hydrogen-bond donors (Lipinski definition) is 0. The first-order valence-corrected chi connectivity index (χ1v) is 6.93. The highest BCUT2D eigenvalue weighted by Gasteiger charge is 2.63. The summed E-state index contributed by atoms with van der Waals surface area (Å²) in [6, 6.07) is 0. The monoisotopic (exact) mass is 231 g/mol. The molecule has 1 nitrogen and oxygen atoms in total. The largest absolute Gasteiger partial charge is 0.375 e. The summed E-state index contributed by atoms with van der Waals surface area (Å²) < 4.78 is 0. The van der Waals surface area contributed by atoms with Gasteiger partial charge in [-0.3, -0.25) is 0 Å². The molecular weight excluding hydrogens is 206 g/mol. The molecule has 1 saturated heterocycles. The van der Waals surface area contributed by atoms with Crippen LogP contribution in [0, 0.1) is 28.6 Å². The fraction of sp³-hybridized carbons (Fsp3) is 0.750. The van der Waals surface area contributed by atoms with Crippen LogP contribution >= 0.6 is 0 Å². The van der Waals surface area contributed by atoms with Crippen molar-refractivity contribution in [3.05, 3.63) is 24.4 Å². The van der Waals surface area contributed by atoms with Gasteiger partial charge < -0.3 is 4.90 Å². The Morgan fingerprint density at radius 1 is 1.41 bits per heavy atom. The fourth-order valence-electron chi connectivity index (χ4n) is 4.20. The average molecular weight is 231 g/mol. The number of allylic oxidation sites excluding steroid dienone is 3. The number of nitrogens with zero attached hydrogens (tertiary/aromatic N) is 1. The Hall–Kier alpha value is -0.720. The molecule has 2 aliphatic carbocycles. The van der Waals surface area contributed by atoms with E-state index in [-0.39, 0.29) is 0 Å². The van der Waals surface area contributed by atoms with E-state index in [2.05, 4.69) is 51.3 Å². The molecule has 0 aromatic heterocycles. The first-order valence-electron chi connectivity index (χ1n) is 6.93. The maximum absolute atomic E-state index is 4.32. The van der Waals surface area contributed by atoms with Crippen molar-refractivity contribution in [2.75, 3.05) is 13.1 Å². The minimum atomic E-state index is 0.361. The Morgan fingerprint density at radius 3 is 2.59 bits per heavy atom. The van der Waals surface area contributed by atoms with Crippen molar-refractivity contribution in [2.45, 2.75) is 34.1 Å². The van der Waals surface area contributed by atoms with Gasteiger partial charge in [0, 0.05) is 18.8 Å². The molecule has 0 aromatic carbocycles. The van der Waals surface area contributed by atoms with Crippen molar-refractivity contribution in [3.8, 4) is 0 Å². The Kier molecular flexibility index (Phi) is 2.13. The van der Waals surface area contributed by atoms with Crippen LogP contribution in [0.3, 0.4) is 0 Å². The van der Waals surface area contributed by atoms with Crippen molar-refractivity contribution in [2.24, 2.45) is 28.6 Å². The highest BCUT2D eigenvalue weighted by atomic mass is 15.2. The van der Waals surface area contributed by atoms with E-state index < -0.39 is 0 Å². The van der Waals surface area contributed by atoms with Crippen LogP contribution in [0.4, 0.5) is 0 Å². The van der Waals surface area contributed by atoms with Gasteiger partial charge in [0.15, 0.2) is 0 Å². The number of rotatable bonds is 2. The zero-order valence-corrected chi connectivity index (χ0v) is 11.7. The number of likely N-dealkylation sites (tertiary alicyclic amines) is 1. The van der Waals surface area contributed by atoms with E-state index in [1.165, 1.54) is 18.8 Å². The molecular formula is C16H25N. The first-order chi connectivity index (χ1) is 7.81. The molecule has 2 fully saturated rings. The highest BCUT2D eigenvalue weighted by Crippen LogP contribution is 2.65. The van der Waals surface area contributed by atoms with Gasteiger partial charge in [0.2, 0.25) is 0 Å². The van der Waals surface area contributed by atoms with E-state index in [0.29, 0.717) is 10.8 Å². The second-order valence-corrected chi connectivity index (χ2v) is 7.73. The number of hydrogen-bond acceptors (Lipinski definition) is 1. The van der Waals surface area contributed by atoms with E-state index in [1.807, 2.05) is 0 Å². The molecule has 0 bridgehead atoms. The van der Waals surface area contributed by atoms with Crippen LogP contribution in [0.5, 0.6) is 0 Å². The topological polar surface area (TPSA) is 3.24 Å². The minimum absolute atomic E-state index is 0.361. The quantitative estimate of drug-likeness (QED) is 0.655. The Labute approximate surface area is 106 Å². The standard InChI is InChI=1S/C16H25N/c1-11(8-15(2,3)4)17-9-12-13-6-7-16(13,5)14(12)10-17/h6-7,12-14H,1,8-10H2,2-5H3/t12?,13-,14?,16?/m1/s1. The lowest BCUT2D eigenvalue weighted by molar-refractivity contribution is -0.0320. The van der Waals surface area contributed by atoms with Gasteiger partial charge in [-0.05, 0) is 35.0 Å². The second-order valence-electron chi connectivity index (χ2n) is 7.73. The molecule has 0 aromatic rings. The third kappa shape index (κ3) is 1.51. The van der Waals surface area contributed by atoms with Crippen molar-refractivity contribution in [3.63, 3.8) is 0 Å². The SMILES string of the molecule is C=C(CC(C)(C)C)N1CC2C(C1)C1(C)C=C[C@H]21. The van der Waals surface area contributed by atoms with Crippen molar-refractivity contribution >= 4 is 0 Å². The zero-order chi connectivity index (χ0) is 12.4. The van der Waals surface area contributed by atoms with Crippen LogP contribution in [-0.2, 0) is 0 Å². The summed E-state index contributed by atoms with van der Waals surface area (Å²) in [5.74, 6) is 2.69. The molecule has 0 spiro atoms. The van der Waals surface area contributed by atoms with E-state index in [1.54, 1.807) is 0 Å². The summed E-state index contributed by atoms with van der Waals surface area (Å²) in [6.07, 6.45) is 5.99. The molecule has 4 atom stereocenters. The molecule has 3 rings (SSSR count). The van der Waals surface area contributed by atoms with E-state index in [4.69, 9.17) is 0 Å². The molecule has 17 heavy (non-hydrogen) atoms. The van der Waals surface area contributed by atoms with Crippen molar-refractivity contribution in [1.82, 2.24) is 4.90 Å². The van der Waals surface area contributed by atoms with Gasteiger partial charge in [-0.1, -0.05) is 46.4 Å². The predicted molar refractivity (Wildman–Crippen MR) is 72.5 cm³/mol. The van der Waals surface area contributed by atoms with Gasteiger partial charge in [-0.2, -0.15) is 0 Å². The third-order valence-electron chi connectivity index (χ3n) is 5.19.